The van der Waals surface area contributed by atoms with E-state index in [0.717, 1.165) is 10.9 Å². The third-order valence-electron chi connectivity index (χ3n) is 3.69. The van der Waals surface area contributed by atoms with Crippen LogP contribution in [0.3, 0.4) is 0 Å². The highest BCUT2D eigenvalue weighted by Crippen LogP contribution is 2.19. The monoisotopic (exact) mass is 271 g/mol. The van der Waals surface area contributed by atoms with Crippen LogP contribution in [-0.2, 0) is 4.79 Å². The molecule has 2 aromatic rings. The van der Waals surface area contributed by atoms with Crippen LogP contribution in [-0.4, -0.2) is 46.6 Å². The second-order valence-corrected chi connectivity index (χ2v) is 5.25. The summed E-state index contributed by atoms with van der Waals surface area (Å²) in [5.41, 5.74) is 1.59. The molecule has 2 unspecified atom stereocenters. The molecule has 0 saturated carbocycles. The predicted octanol–water partition coefficient (Wildman–Crippen LogP) is 1.24. The van der Waals surface area contributed by atoms with Crippen molar-refractivity contribution in [2.24, 2.45) is 0 Å². The third-order valence-corrected chi connectivity index (χ3v) is 3.69. The molecule has 1 aliphatic rings. The average molecular weight is 271 g/mol. The number of carbonyl (C=O) groups is 1. The van der Waals surface area contributed by atoms with Crippen molar-refractivity contribution in [3.63, 3.8) is 0 Å². The number of rotatable bonds is 2. The largest absolute Gasteiger partial charge is 0.392 e. The number of para-hydroxylation sites is 1. The first-order valence-corrected chi connectivity index (χ1v) is 6.67. The van der Waals surface area contributed by atoms with Crippen molar-refractivity contribution in [3.8, 4) is 0 Å². The molecule has 2 heterocycles. The number of likely N-dealkylation sites (tertiary alicyclic amines) is 1. The van der Waals surface area contributed by atoms with E-state index >= 15 is 0 Å². The average Bonchev–Trinajstić information content (AvgIpc) is 2.78. The topological polar surface area (TPSA) is 65.5 Å². The number of amides is 1. The molecule has 0 bridgehead atoms. The predicted molar refractivity (Wildman–Crippen MR) is 77.4 cm³/mol. The van der Waals surface area contributed by atoms with Crippen molar-refractivity contribution in [2.45, 2.75) is 18.6 Å². The number of likely N-dealkylation sites (N-methyl/N-ethyl adjacent to an activating group) is 1. The molecule has 0 spiro atoms. The number of nitrogens with zero attached hydrogens (tertiary/aromatic N) is 2. The van der Waals surface area contributed by atoms with E-state index in [1.54, 1.807) is 6.20 Å². The van der Waals surface area contributed by atoms with Gasteiger partial charge in [0, 0.05) is 11.9 Å². The van der Waals surface area contributed by atoms with Crippen molar-refractivity contribution in [1.29, 1.82) is 0 Å². The van der Waals surface area contributed by atoms with Crippen LogP contribution in [0.25, 0.3) is 10.9 Å². The van der Waals surface area contributed by atoms with E-state index in [0.29, 0.717) is 18.7 Å². The Morgan fingerprint density at radius 2 is 2.25 bits per heavy atom. The van der Waals surface area contributed by atoms with Crippen molar-refractivity contribution in [3.05, 3.63) is 36.5 Å². The Labute approximate surface area is 117 Å². The lowest BCUT2D eigenvalue weighted by atomic mass is 10.1. The molecule has 5 heteroatoms. The summed E-state index contributed by atoms with van der Waals surface area (Å²) in [7, 11) is 1.85. The van der Waals surface area contributed by atoms with Gasteiger partial charge in [0.25, 0.3) is 0 Å². The maximum absolute atomic E-state index is 12.2. The lowest BCUT2D eigenvalue weighted by Gasteiger charge is -2.18. The number of nitrogens with one attached hydrogen (secondary N) is 1. The molecule has 5 nitrogen and oxygen atoms in total. The van der Waals surface area contributed by atoms with E-state index in [2.05, 4.69) is 10.3 Å². The lowest BCUT2D eigenvalue weighted by Crippen LogP contribution is -2.37. The first kappa shape index (κ1) is 13.0. The maximum Gasteiger partial charge on any atom is 0.241 e. The molecule has 0 aliphatic carbocycles. The molecule has 3 rings (SSSR count). The summed E-state index contributed by atoms with van der Waals surface area (Å²) >= 11 is 0. The minimum Gasteiger partial charge on any atom is -0.392 e. The second-order valence-electron chi connectivity index (χ2n) is 5.25. The van der Waals surface area contributed by atoms with Crippen molar-refractivity contribution >= 4 is 22.5 Å². The SMILES string of the molecule is CN1CC(O)CC1C(=O)Nc1cnc2ccccc2c1. The number of hydrogen-bond donors (Lipinski definition) is 2. The van der Waals surface area contributed by atoms with Gasteiger partial charge in [0.2, 0.25) is 5.91 Å². The van der Waals surface area contributed by atoms with Gasteiger partial charge in [-0.15, -0.1) is 0 Å². The lowest BCUT2D eigenvalue weighted by molar-refractivity contribution is -0.120. The molecule has 2 atom stereocenters. The van der Waals surface area contributed by atoms with Crippen molar-refractivity contribution in [2.75, 3.05) is 18.9 Å². The van der Waals surface area contributed by atoms with Gasteiger partial charge < -0.3 is 10.4 Å². The summed E-state index contributed by atoms with van der Waals surface area (Å²) in [5, 5.41) is 13.5. The molecule has 1 saturated heterocycles. The Morgan fingerprint density at radius 3 is 3.00 bits per heavy atom. The number of fused-ring (bicyclic) bond motifs is 1. The van der Waals surface area contributed by atoms with Gasteiger partial charge in [-0.1, -0.05) is 18.2 Å². The summed E-state index contributed by atoms with van der Waals surface area (Å²) in [6.45, 7) is 0.536. The number of aromatic nitrogens is 1. The molecule has 1 fully saturated rings. The number of pyridine rings is 1. The fraction of sp³-hybridized carbons (Fsp3) is 0.333. The molecule has 1 aromatic carbocycles. The molecular formula is C15H17N3O2. The highest BCUT2D eigenvalue weighted by atomic mass is 16.3. The number of benzene rings is 1. The zero-order valence-electron chi connectivity index (χ0n) is 11.3. The van der Waals surface area contributed by atoms with Crippen LogP contribution in [0.15, 0.2) is 36.5 Å². The minimum absolute atomic E-state index is 0.0962. The highest BCUT2D eigenvalue weighted by molar-refractivity contribution is 5.96. The van der Waals surface area contributed by atoms with Gasteiger partial charge in [0.05, 0.1) is 29.5 Å². The van der Waals surface area contributed by atoms with E-state index in [-0.39, 0.29) is 11.9 Å². The third kappa shape index (κ3) is 2.50. The summed E-state index contributed by atoms with van der Waals surface area (Å²) in [6.07, 6.45) is 1.71. The Balaban J connectivity index is 1.77. The number of hydrogen-bond acceptors (Lipinski definition) is 4. The number of anilines is 1. The zero-order valence-corrected chi connectivity index (χ0v) is 11.3. The molecule has 2 N–H and O–H groups in total. The van der Waals surface area contributed by atoms with Crippen LogP contribution in [0, 0.1) is 0 Å². The summed E-state index contributed by atoms with van der Waals surface area (Å²) < 4.78 is 0. The van der Waals surface area contributed by atoms with Gasteiger partial charge in [-0.05, 0) is 25.6 Å². The Morgan fingerprint density at radius 1 is 1.45 bits per heavy atom. The summed E-state index contributed by atoms with van der Waals surface area (Å²) in [5.74, 6) is -0.0962. The van der Waals surface area contributed by atoms with E-state index < -0.39 is 6.10 Å². The van der Waals surface area contributed by atoms with E-state index in [4.69, 9.17) is 0 Å². The van der Waals surface area contributed by atoms with E-state index in [1.807, 2.05) is 42.3 Å². The maximum atomic E-state index is 12.2. The Kier molecular flexibility index (Phi) is 3.38. The first-order valence-electron chi connectivity index (χ1n) is 6.67. The van der Waals surface area contributed by atoms with Gasteiger partial charge in [0.15, 0.2) is 0 Å². The van der Waals surface area contributed by atoms with Crippen LogP contribution in [0.4, 0.5) is 5.69 Å². The molecule has 1 amide bonds. The van der Waals surface area contributed by atoms with Crippen molar-refractivity contribution in [1.82, 2.24) is 9.88 Å². The highest BCUT2D eigenvalue weighted by Gasteiger charge is 2.33. The van der Waals surface area contributed by atoms with Gasteiger partial charge >= 0.3 is 0 Å². The molecule has 1 aliphatic heterocycles. The number of aliphatic hydroxyl groups excluding tert-OH is 1. The van der Waals surface area contributed by atoms with Gasteiger partial charge in [0.1, 0.15) is 0 Å². The molecule has 20 heavy (non-hydrogen) atoms. The van der Waals surface area contributed by atoms with Crippen LogP contribution in [0.5, 0.6) is 0 Å². The smallest absolute Gasteiger partial charge is 0.241 e. The minimum atomic E-state index is -0.425. The number of carbonyl (C=O) groups excluding carboxylic acids is 1. The second kappa shape index (κ2) is 5.19. The molecule has 104 valence electrons. The van der Waals surface area contributed by atoms with Gasteiger partial charge in [-0.25, -0.2) is 0 Å². The van der Waals surface area contributed by atoms with Crippen LogP contribution >= 0.6 is 0 Å². The quantitative estimate of drug-likeness (QED) is 0.862. The Hall–Kier alpha value is -1.98. The Bertz CT molecular complexity index is 644. The molecule has 1 aromatic heterocycles. The molecule has 0 radical (unpaired) electrons. The van der Waals surface area contributed by atoms with Crippen LogP contribution in [0.2, 0.25) is 0 Å². The fourth-order valence-corrected chi connectivity index (χ4v) is 2.64. The zero-order chi connectivity index (χ0) is 14.1. The van der Waals surface area contributed by atoms with Crippen molar-refractivity contribution < 1.29 is 9.90 Å². The van der Waals surface area contributed by atoms with Gasteiger partial charge in [-0.2, -0.15) is 0 Å². The van der Waals surface area contributed by atoms with Gasteiger partial charge in [-0.3, -0.25) is 14.7 Å². The summed E-state index contributed by atoms with van der Waals surface area (Å²) in [6, 6.07) is 9.40. The summed E-state index contributed by atoms with van der Waals surface area (Å²) in [4.78, 5) is 18.4. The molecular weight excluding hydrogens is 254 g/mol. The fourth-order valence-electron chi connectivity index (χ4n) is 2.64. The number of aliphatic hydroxyl groups is 1. The van der Waals surface area contributed by atoms with Crippen LogP contribution in [0.1, 0.15) is 6.42 Å². The first-order chi connectivity index (χ1) is 9.63. The number of β-amino-alcohol motifs (C(OH)–C–C–N with tert-alkyl or cyclic N) is 1. The van der Waals surface area contributed by atoms with E-state index in [1.165, 1.54) is 0 Å². The van der Waals surface area contributed by atoms with E-state index in [9.17, 15) is 9.90 Å². The standard InChI is InChI=1S/C15H17N3O2/c1-18-9-12(19)7-14(18)15(20)17-11-6-10-4-2-3-5-13(10)16-8-11/h2-6,8,12,14,19H,7,9H2,1H3,(H,17,20). The normalized spacial score (nSPS) is 23.1. The van der Waals surface area contributed by atoms with Crippen LogP contribution < -0.4 is 5.32 Å².